The number of rotatable bonds is 3. The highest BCUT2D eigenvalue weighted by molar-refractivity contribution is 5.99. The second-order valence-electron chi connectivity index (χ2n) is 5.66. The van der Waals surface area contributed by atoms with E-state index in [0.29, 0.717) is 17.0 Å². The molecule has 112 valence electrons. The Bertz CT molecular complexity index is 579. The number of hydrogen-bond donors (Lipinski definition) is 3. The molecule has 0 aromatic heterocycles. The van der Waals surface area contributed by atoms with Crippen LogP contribution in [0.3, 0.4) is 0 Å². The van der Waals surface area contributed by atoms with Crippen molar-refractivity contribution in [3.8, 4) is 5.75 Å². The molecule has 1 aromatic rings. The first kappa shape index (κ1) is 13.9. The van der Waals surface area contributed by atoms with Gasteiger partial charge in [-0.15, -0.1) is 0 Å². The van der Waals surface area contributed by atoms with Crippen LogP contribution in [-0.4, -0.2) is 35.7 Å². The Morgan fingerprint density at radius 3 is 2.90 bits per heavy atom. The summed E-state index contributed by atoms with van der Waals surface area (Å²) in [5.74, 6) is 0.0311. The third-order valence-electron chi connectivity index (χ3n) is 3.99. The van der Waals surface area contributed by atoms with Gasteiger partial charge < -0.3 is 20.5 Å². The summed E-state index contributed by atoms with van der Waals surface area (Å²) in [6.45, 7) is 0.221. The van der Waals surface area contributed by atoms with Crippen LogP contribution in [0.4, 0.5) is 5.69 Å². The summed E-state index contributed by atoms with van der Waals surface area (Å²) in [5, 5.41) is 15.7. The number of fused-ring (bicyclic) bond motifs is 1. The van der Waals surface area contributed by atoms with Crippen molar-refractivity contribution in [1.29, 1.82) is 0 Å². The van der Waals surface area contributed by atoms with Crippen LogP contribution in [0, 0.1) is 0 Å². The molecule has 2 aliphatic rings. The van der Waals surface area contributed by atoms with E-state index < -0.39 is 5.60 Å². The van der Waals surface area contributed by atoms with Gasteiger partial charge in [0.1, 0.15) is 5.75 Å². The number of amides is 2. The summed E-state index contributed by atoms with van der Waals surface area (Å²) >= 11 is 0. The van der Waals surface area contributed by atoms with Gasteiger partial charge in [-0.3, -0.25) is 9.59 Å². The SMILES string of the molecule is O=C1COc2cc(C(=O)NCC3(O)CCCC3)ccc2N1. The minimum Gasteiger partial charge on any atom is -0.482 e. The smallest absolute Gasteiger partial charge is 0.262 e. The van der Waals surface area contributed by atoms with Crippen molar-refractivity contribution < 1.29 is 19.4 Å². The largest absolute Gasteiger partial charge is 0.482 e. The van der Waals surface area contributed by atoms with E-state index in [1.54, 1.807) is 18.2 Å². The van der Waals surface area contributed by atoms with Crippen LogP contribution in [0.5, 0.6) is 5.75 Å². The normalized spacial score (nSPS) is 19.4. The molecule has 6 nitrogen and oxygen atoms in total. The summed E-state index contributed by atoms with van der Waals surface area (Å²) < 4.78 is 5.28. The van der Waals surface area contributed by atoms with Crippen LogP contribution in [-0.2, 0) is 4.79 Å². The van der Waals surface area contributed by atoms with Crippen LogP contribution in [0.15, 0.2) is 18.2 Å². The van der Waals surface area contributed by atoms with E-state index in [-0.39, 0.29) is 25.0 Å². The first-order valence-electron chi connectivity index (χ1n) is 7.13. The molecule has 1 aliphatic carbocycles. The Hall–Kier alpha value is -2.08. The van der Waals surface area contributed by atoms with Crippen molar-refractivity contribution in [2.75, 3.05) is 18.5 Å². The minimum atomic E-state index is -0.770. The van der Waals surface area contributed by atoms with Crippen LogP contribution < -0.4 is 15.4 Å². The first-order chi connectivity index (χ1) is 10.1. The number of hydrogen-bond acceptors (Lipinski definition) is 4. The average Bonchev–Trinajstić information content (AvgIpc) is 2.91. The number of ether oxygens (including phenoxy) is 1. The fourth-order valence-corrected chi connectivity index (χ4v) is 2.77. The number of carbonyl (C=O) groups is 2. The molecular weight excluding hydrogens is 272 g/mol. The third kappa shape index (κ3) is 3.00. The van der Waals surface area contributed by atoms with E-state index >= 15 is 0 Å². The zero-order valence-electron chi connectivity index (χ0n) is 11.6. The molecule has 6 heteroatoms. The molecule has 0 unspecified atom stereocenters. The van der Waals surface area contributed by atoms with Gasteiger partial charge >= 0.3 is 0 Å². The summed E-state index contributed by atoms with van der Waals surface area (Å²) in [7, 11) is 0. The number of carbonyl (C=O) groups excluding carboxylic acids is 2. The highest BCUT2D eigenvalue weighted by atomic mass is 16.5. The molecule has 21 heavy (non-hydrogen) atoms. The van der Waals surface area contributed by atoms with Crippen molar-refractivity contribution >= 4 is 17.5 Å². The Kier molecular flexibility index (Phi) is 3.55. The van der Waals surface area contributed by atoms with Gasteiger partial charge in [-0.25, -0.2) is 0 Å². The van der Waals surface area contributed by atoms with Gasteiger partial charge in [-0.1, -0.05) is 12.8 Å². The Balaban J connectivity index is 1.66. The lowest BCUT2D eigenvalue weighted by atomic mass is 10.0. The van der Waals surface area contributed by atoms with Crippen molar-refractivity contribution in [1.82, 2.24) is 5.32 Å². The van der Waals surface area contributed by atoms with Gasteiger partial charge in [0.15, 0.2) is 6.61 Å². The summed E-state index contributed by atoms with van der Waals surface area (Å²) in [4.78, 5) is 23.3. The summed E-state index contributed by atoms with van der Waals surface area (Å²) in [6.07, 6.45) is 3.46. The van der Waals surface area contributed by atoms with Gasteiger partial charge in [0.25, 0.3) is 11.8 Å². The van der Waals surface area contributed by atoms with Crippen molar-refractivity contribution in [2.45, 2.75) is 31.3 Å². The molecule has 1 heterocycles. The molecule has 0 bridgehead atoms. The summed E-state index contributed by atoms with van der Waals surface area (Å²) in [6, 6.07) is 4.87. The lowest BCUT2D eigenvalue weighted by Crippen LogP contribution is -2.40. The monoisotopic (exact) mass is 290 g/mol. The van der Waals surface area contributed by atoms with E-state index in [1.165, 1.54) is 0 Å². The Morgan fingerprint density at radius 1 is 1.38 bits per heavy atom. The maximum absolute atomic E-state index is 12.1. The maximum atomic E-state index is 12.1. The highest BCUT2D eigenvalue weighted by Crippen LogP contribution is 2.30. The zero-order chi connectivity index (χ0) is 14.9. The fraction of sp³-hybridized carbons (Fsp3) is 0.467. The minimum absolute atomic E-state index is 0.0438. The molecule has 1 fully saturated rings. The number of anilines is 1. The third-order valence-corrected chi connectivity index (χ3v) is 3.99. The summed E-state index contributed by atoms with van der Waals surface area (Å²) in [5.41, 5.74) is 0.248. The Labute approximate surface area is 122 Å². The van der Waals surface area contributed by atoms with Crippen LogP contribution in [0.1, 0.15) is 36.0 Å². The second kappa shape index (κ2) is 5.37. The first-order valence-corrected chi connectivity index (χ1v) is 7.13. The predicted octanol–water partition coefficient (Wildman–Crippen LogP) is 1.05. The van der Waals surface area contributed by atoms with E-state index in [9.17, 15) is 14.7 Å². The van der Waals surface area contributed by atoms with E-state index in [1.807, 2.05) is 0 Å². The predicted molar refractivity (Wildman–Crippen MR) is 76.3 cm³/mol. The van der Waals surface area contributed by atoms with E-state index in [2.05, 4.69) is 10.6 Å². The molecule has 0 radical (unpaired) electrons. The maximum Gasteiger partial charge on any atom is 0.262 e. The number of benzene rings is 1. The van der Waals surface area contributed by atoms with E-state index in [4.69, 9.17) is 4.74 Å². The van der Waals surface area contributed by atoms with Gasteiger partial charge in [0.2, 0.25) is 0 Å². The fourth-order valence-electron chi connectivity index (χ4n) is 2.77. The topological polar surface area (TPSA) is 87.7 Å². The molecule has 1 aromatic carbocycles. The van der Waals surface area contributed by atoms with Gasteiger partial charge in [0, 0.05) is 12.1 Å². The quantitative estimate of drug-likeness (QED) is 0.776. The number of aliphatic hydroxyl groups is 1. The van der Waals surface area contributed by atoms with Crippen molar-refractivity contribution in [3.05, 3.63) is 23.8 Å². The molecule has 0 atom stereocenters. The van der Waals surface area contributed by atoms with Crippen molar-refractivity contribution in [2.24, 2.45) is 0 Å². The van der Waals surface area contributed by atoms with Gasteiger partial charge in [-0.05, 0) is 31.0 Å². The zero-order valence-corrected chi connectivity index (χ0v) is 11.6. The highest BCUT2D eigenvalue weighted by Gasteiger charge is 2.31. The molecule has 3 rings (SSSR count). The molecule has 0 saturated heterocycles. The number of nitrogens with one attached hydrogen (secondary N) is 2. The van der Waals surface area contributed by atoms with Crippen LogP contribution in [0.2, 0.25) is 0 Å². The molecule has 1 saturated carbocycles. The van der Waals surface area contributed by atoms with Crippen LogP contribution in [0.25, 0.3) is 0 Å². The van der Waals surface area contributed by atoms with E-state index in [0.717, 1.165) is 25.7 Å². The second-order valence-corrected chi connectivity index (χ2v) is 5.66. The van der Waals surface area contributed by atoms with Crippen LogP contribution >= 0.6 is 0 Å². The average molecular weight is 290 g/mol. The molecule has 3 N–H and O–H groups in total. The van der Waals surface area contributed by atoms with Gasteiger partial charge in [0.05, 0.1) is 11.3 Å². The Morgan fingerprint density at radius 2 is 2.14 bits per heavy atom. The molecular formula is C15H18N2O4. The molecule has 1 aliphatic heterocycles. The lowest BCUT2D eigenvalue weighted by molar-refractivity contribution is -0.118. The lowest BCUT2D eigenvalue weighted by Gasteiger charge is -2.22. The van der Waals surface area contributed by atoms with Crippen molar-refractivity contribution in [3.63, 3.8) is 0 Å². The standard InChI is InChI=1S/C15H18N2O4/c18-13-8-21-12-7-10(3-4-11(12)17-13)14(19)16-9-15(20)5-1-2-6-15/h3-4,7,20H,1-2,5-6,8-9H2,(H,16,19)(H,17,18). The molecule has 0 spiro atoms. The van der Waals surface area contributed by atoms with Gasteiger partial charge in [-0.2, -0.15) is 0 Å². The molecule has 2 amide bonds.